The van der Waals surface area contributed by atoms with Crippen molar-refractivity contribution in [2.24, 2.45) is 17.3 Å². The average molecular weight is 292 g/mol. The molecule has 0 aliphatic heterocycles. The highest BCUT2D eigenvalue weighted by Crippen LogP contribution is 2.65. The molecule has 2 atom stereocenters. The molecule has 0 spiro atoms. The van der Waals surface area contributed by atoms with Crippen molar-refractivity contribution in [2.45, 2.75) is 34.6 Å². The maximum Gasteiger partial charge on any atom is 0.330 e. The lowest BCUT2D eigenvalue weighted by molar-refractivity contribution is -0.145. The number of esters is 1. The number of hydrogen-bond acceptors (Lipinski definition) is 5. The summed E-state index contributed by atoms with van der Waals surface area (Å²) in [5.41, 5.74) is -0.198. The topological polar surface area (TPSA) is 61.8 Å². The molecule has 0 aromatic carbocycles. The third-order valence-electron chi connectivity index (χ3n) is 3.66. The van der Waals surface area contributed by atoms with E-state index >= 15 is 0 Å². The van der Waals surface area contributed by atoms with Gasteiger partial charge in [-0.1, -0.05) is 13.8 Å². The Labute approximate surface area is 115 Å². The lowest BCUT2D eigenvalue weighted by atomic mass is 10.1. The Morgan fingerprint density at radius 3 is 2.05 bits per heavy atom. The third-order valence-corrected chi connectivity index (χ3v) is 5.81. The van der Waals surface area contributed by atoms with Gasteiger partial charge in [0.1, 0.15) is 0 Å². The van der Waals surface area contributed by atoms with E-state index < -0.39 is 7.60 Å². The summed E-state index contributed by atoms with van der Waals surface area (Å²) in [5.74, 6) is -0.422. The van der Waals surface area contributed by atoms with Crippen LogP contribution in [0, 0.1) is 17.3 Å². The van der Waals surface area contributed by atoms with Gasteiger partial charge in [0.15, 0.2) is 0 Å². The highest BCUT2D eigenvalue weighted by Gasteiger charge is 2.64. The van der Waals surface area contributed by atoms with Gasteiger partial charge in [-0.15, -0.1) is 0 Å². The molecule has 0 N–H and O–H groups in total. The predicted molar refractivity (Wildman–Crippen MR) is 73.1 cm³/mol. The maximum atomic E-state index is 12.5. The zero-order chi connectivity index (χ0) is 14.7. The number of ether oxygens (including phenoxy) is 1. The van der Waals surface area contributed by atoms with Crippen LogP contribution in [-0.2, 0) is 23.1 Å². The molecule has 0 aromatic rings. The summed E-state index contributed by atoms with van der Waals surface area (Å²) in [5, 5.41) is 0. The smallest absolute Gasteiger partial charge is 0.330 e. The minimum Gasteiger partial charge on any atom is -0.466 e. The lowest BCUT2D eigenvalue weighted by Gasteiger charge is -2.17. The van der Waals surface area contributed by atoms with Crippen LogP contribution in [-0.4, -0.2) is 32.0 Å². The molecular formula is C13H25O5P. The van der Waals surface area contributed by atoms with E-state index in [1.165, 1.54) is 0 Å². The van der Waals surface area contributed by atoms with Crippen LogP contribution in [0.25, 0.3) is 0 Å². The van der Waals surface area contributed by atoms with Gasteiger partial charge >= 0.3 is 13.6 Å². The fraction of sp³-hybridized carbons (Fsp3) is 0.923. The zero-order valence-electron chi connectivity index (χ0n) is 12.5. The summed E-state index contributed by atoms with van der Waals surface area (Å²) in [6.07, 6.45) is 0.283. The third kappa shape index (κ3) is 3.80. The van der Waals surface area contributed by atoms with Gasteiger partial charge < -0.3 is 13.8 Å². The molecule has 1 fully saturated rings. The first-order chi connectivity index (χ1) is 8.82. The fourth-order valence-corrected chi connectivity index (χ4v) is 4.80. The molecule has 1 aliphatic carbocycles. The van der Waals surface area contributed by atoms with Crippen molar-refractivity contribution in [3.8, 4) is 0 Å². The van der Waals surface area contributed by atoms with Crippen molar-refractivity contribution >= 4 is 13.6 Å². The highest BCUT2D eigenvalue weighted by molar-refractivity contribution is 7.53. The van der Waals surface area contributed by atoms with Crippen LogP contribution in [0.3, 0.4) is 0 Å². The van der Waals surface area contributed by atoms with Gasteiger partial charge in [0.25, 0.3) is 0 Å². The molecule has 6 heteroatoms. The molecule has 5 nitrogen and oxygen atoms in total. The summed E-state index contributed by atoms with van der Waals surface area (Å²) in [7, 11) is -3.10. The predicted octanol–water partition coefficient (Wildman–Crippen LogP) is 3.09. The first-order valence-corrected chi connectivity index (χ1v) is 8.60. The second-order valence-corrected chi connectivity index (χ2v) is 7.39. The van der Waals surface area contributed by atoms with E-state index in [9.17, 15) is 9.36 Å². The van der Waals surface area contributed by atoms with Gasteiger partial charge in [0, 0.05) is 0 Å². The van der Waals surface area contributed by atoms with E-state index in [0.29, 0.717) is 19.8 Å². The summed E-state index contributed by atoms with van der Waals surface area (Å²) in [4.78, 5) is 11.8. The van der Waals surface area contributed by atoms with Crippen molar-refractivity contribution in [3.05, 3.63) is 0 Å². The average Bonchev–Trinajstić information content (AvgIpc) is 2.80. The Kier molecular flexibility index (Phi) is 5.60. The first kappa shape index (κ1) is 16.7. The summed E-state index contributed by atoms with van der Waals surface area (Å²) < 4.78 is 28.1. The molecule has 1 saturated carbocycles. The van der Waals surface area contributed by atoms with Crippen LogP contribution < -0.4 is 0 Å². The van der Waals surface area contributed by atoms with Crippen molar-refractivity contribution in [3.63, 3.8) is 0 Å². The van der Waals surface area contributed by atoms with Crippen LogP contribution >= 0.6 is 7.60 Å². The van der Waals surface area contributed by atoms with Crippen LogP contribution in [0.4, 0.5) is 0 Å². The molecule has 0 saturated heterocycles. The largest absolute Gasteiger partial charge is 0.466 e. The Bertz CT molecular complexity index is 356. The van der Waals surface area contributed by atoms with Crippen molar-refractivity contribution in [1.82, 2.24) is 0 Å². The molecule has 2 unspecified atom stereocenters. The van der Waals surface area contributed by atoms with Crippen molar-refractivity contribution in [1.29, 1.82) is 0 Å². The number of carbonyl (C=O) groups excluding carboxylic acids is 1. The molecule has 0 heterocycles. The van der Waals surface area contributed by atoms with E-state index in [0.717, 1.165) is 0 Å². The zero-order valence-corrected chi connectivity index (χ0v) is 13.4. The lowest BCUT2D eigenvalue weighted by Crippen LogP contribution is -2.11. The standard InChI is InChI=1S/C13H25O5P/c1-6-16-12(14)11-10(13(11,4)5)9-19(15,17-7-2)18-8-3/h10-11H,6-9H2,1-5H3. The number of carbonyl (C=O) groups is 1. The fourth-order valence-electron chi connectivity index (χ4n) is 2.56. The van der Waals surface area contributed by atoms with Crippen LogP contribution in [0.15, 0.2) is 0 Å². The van der Waals surface area contributed by atoms with Crippen LogP contribution in [0.2, 0.25) is 0 Å². The summed E-state index contributed by atoms with van der Waals surface area (Å²) in [6, 6.07) is 0. The van der Waals surface area contributed by atoms with Gasteiger partial charge in [0.2, 0.25) is 0 Å². The van der Waals surface area contributed by atoms with E-state index in [1.807, 2.05) is 13.8 Å². The van der Waals surface area contributed by atoms with E-state index in [4.69, 9.17) is 13.8 Å². The van der Waals surface area contributed by atoms with Crippen molar-refractivity contribution in [2.75, 3.05) is 26.0 Å². The minimum atomic E-state index is -3.10. The molecule has 1 aliphatic rings. The van der Waals surface area contributed by atoms with Crippen LogP contribution in [0.5, 0.6) is 0 Å². The van der Waals surface area contributed by atoms with Gasteiger partial charge in [-0.2, -0.15) is 0 Å². The minimum absolute atomic E-state index is 0.00418. The second-order valence-electron chi connectivity index (χ2n) is 5.29. The van der Waals surface area contributed by atoms with Gasteiger partial charge in [-0.05, 0) is 32.1 Å². The molecule has 112 valence electrons. The number of rotatable bonds is 8. The molecule has 0 bridgehead atoms. The summed E-state index contributed by atoms with van der Waals surface area (Å²) >= 11 is 0. The molecule has 0 aromatic heterocycles. The van der Waals surface area contributed by atoms with Gasteiger partial charge in [-0.3, -0.25) is 9.36 Å². The monoisotopic (exact) mass is 292 g/mol. The highest BCUT2D eigenvalue weighted by atomic mass is 31.2. The first-order valence-electron chi connectivity index (χ1n) is 6.87. The van der Waals surface area contributed by atoms with E-state index in [1.54, 1.807) is 20.8 Å². The molecule has 0 radical (unpaired) electrons. The number of hydrogen-bond donors (Lipinski definition) is 0. The van der Waals surface area contributed by atoms with Gasteiger partial charge in [-0.25, -0.2) is 0 Å². The normalized spacial score (nSPS) is 25.1. The van der Waals surface area contributed by atoms with Crippen LogP contribution in [0.1, 0.15) is 34.6 Å². The maximum absolute atomic E-state index is 12.5. The second kappa shape index (κ2) is 6.38. The van der Waals surface area contributed by atoms with E-state index in [-0.39, 0.29) is 29.4 Å². The van der Waals surface area contributed by atoms with E-state index in [2.05, 4.69) is 0 Å². The molecule has 19 heavy (non-hydrogen) atoms. The molecule has 0 amide bonds. The summed E-state index contributed by atoms with van der Waals surface area (Å²) in [6.45, 7) is 10.4. The van der Waals surface area contributed by atoms with Crippen molar-refractivity contribution < 1.29 is 23.1 Å². The Morgan fingerprint density at radius 2 is 1.63 bits per heavy atom. The Hall–Kier alpha value is -0.380. The quantitative estimate of drug-likeness (QED) is 0.508. The van der Waals surface area contributed by atoms with Gasteiger partial charge in [0.05, 0.1) is 31.9 Å². The Morgan fingerprint density at radius 1 is 1.11 bits per heavy atom. The Balaban J connectivity index is 2.71. The molecular weight excluding hydrogens is 267 g/mol. The molecule has 1 rings (SSSR count). The SMILES string of the molecule is CCOC(=O)C1C(CP(=O)(OCC)OCC)C1(C)C.